The summed E-state index contributed by atoms with van der Waals surface area (Å²) in [4.78, 5) is 27.1. The van der Waals surface area contributed by atoms with E-state index >= 15 is 0 Å². The highest BCUT2D eigenvalue weighted by molar-refractivity contribution is 7.80. The molecule has 0 aliphatic rings. The van der Waals surface area contributed by atoms with Crippen molar-refractivity contribution in [1.29, 1.82) is 0 Å². The quantitative estimate of drug-likeness (QED) is 0.418. The van der Waals surface area contributed by atoms with Gasteiger partial charge in [-0.1, -0.05) is 24.3 Å². The third kappa shape index (κ3) is 3.65. The van der Waals surface area contributed by atoms with Crippen molar-refractivity contribution in [3.63, 3.8) is 0 Å². The number of carbonyl (C=O) groups is 1. The maximum Gasteiger partial charge on any atom is 0.273 e. The van der Waals surface area contributed by atoms with Gasteiger partial charge in [-0.3, -0.25) is 25.2 Å². The predicted octanol–water partition coefficient (Wildman–Crippen LogP) is 3.58. The molecule has 0 bridgehead atoms. The van der Waals surface area contributed by atoms with Crippen molar-refractivity contribution >= 4 is 45.5 Å². The number of hydrogen-bond donors (Lipinski definition) is 2. The van der Waals surface area contributed by atoms with Crippen LogP contribution in [0.5, 0.6) is 0 Å². The van der Waals surface area contributed by atoms with E-state index in [-0.39, 0.29) is 16.4 Å². The number of para-hydroxylation sites is 1. The second-order valence-corrected chi connectivity index (χ2v) is 5.96. The van der Waals surface area contributed by atoms with Gasteiger partial charge in [0.05, 0.1) is 16.1 Å². The third-order valence-electron chi connectivity index (χ3n) is 3.78. The summed E-state index contributed by atoms with van der Waals surface area (Å²) in [6.07, 6.45) is 1.67. The number of hydrogen-bond acceptors (Lipinski definition) is 5. The molecule has 0 saturated heterocycles. The highest BCUT2D eigenvalue weighted by Crippen LogP contribution is 2.21. The smallest absolute Gasteiger partial charge is 0.273 e. The first kappa shape index (κ1) is 17.4. The Balaban J connectivity index is 1.77. The van der Waals surface area contributed by atoms with E-state index in [2.05, 4.69) is 15.6 Å². The molecule has 130 valence electrons. The average Bonchev–Trinajstić information content (AvgIpc) is 2.62. The number of nitro benzene ring substituents is 1. The maximum atomic E-state index is 12.3. The largest absolute Gasteiger partial charge is 0.331 e. The molecular weight excluding hydrogens is 352 g/mol. The van der Waals surface area contributed by atoms with Crippen LogP contribution in [-0.2, 0) is 0 Å². The zero-order valence-corrected chi connectivity index (χ0v) is 14.5. The van der Waals surface area contributed by atoms with Crippen LogP contribution in [0, 0.1) is 17.0 Å². The van der Waals surface area contributed by atoms with Gasteiger partial charge in [-0.25, -0.2) is 0 Å². The number of nitro groups is 1. The fraction of sp³-hybridized carbons (Fsp3) is 0.0556. The number of nitrogens with one attached hydrogen (secondary N) is 2. The number of aryl methyl sites for hydroxylation is 1. The molecule has 0 aliphatic carbocycles. The van der Waals surface area contributed by atoms with Crippen LogP contribution in [0.15, 0.2) is 54.7 Å². The van der Waals surface area contributed by atoms with Crippen molar-refractivity contribution in [3.05, 3.63) is 76.0 Å². The lowest BCUT2D eigenvalue weighted by atomic mass is 10.1. The first-order valence-corrected chi connectivity index (χ1v) is 8.07. The van der Waals surface area contributed by atoms with Crippen molar-refractivity contribution in [2.45, 2.75) is 6.92 Å². The second-order valence-electron chi connectivity index (χ2n) is 5.55. The van der Waals surface area contributed by atoms with Crippen LogP contribution >= 0.6 is 12.2 Å². The molecule has 0 spiro atoms. The Morgan fingerprint density at radius 1 is 1.19 bits per heavy atom. The number of fused-ring (bicyclic) bond motifs is 1. The molecule has 8 heteroatoms. The minimum absolute atomic E-state index is 0.0800. The van der Waals surface area contributed by atoms with E-state index in [4.69, 9.17) is 12.2 Å². The lowest BCUT2D eigenvalue weighted by molar-refractivity contribution is -0.385. The zero-order chi connectivity index (χ0) is 18.7. The summed E-state index contributed by atoms with van der Waals surface area (Å²) >= 11 is 5.18. The average molecular weight is 366 g/mol. The fourth-order valence-electron chi connectivity index (χ4n) is 2.48. The number of pyridine rings is 1. The van der Waals surface area contributed by atoms with Crippen LogP contribution in [0.4, 0.5) is 11.4 Å². The van der Waals surface area contributed by atoms with Crippen molar-refractivity contribution in [3.8, 4) is 0 Å². The minimum atomic E-state index is -0.529. The Labute approximate surface area is 154 Å². The summed E-state index contributed by atoms with van der Waals surface area (Å²) in [7, 11) is 0. The summed E-state index contributed by atoms with van der Waals surface area (Å²) in [5.41, 5.74) is 1.90. The molecular formula is C18H14N4O3S. The van der Waals surface area contributed by atoms with E-state index in [1.165, 1.54) is 18.2 Å². The Morgan fingerprint density at radius 2 is 1.96 bits per heavy atom. The van der Waals surface area contributed by atoms with Gasteiger partial charge in [-0.05, 0) is 37.3 Å². The van der Waals surface area contributed by atoms with Gasteiger partial charge in [0.1, 0.15) is 0 Å². The molecule has 1 amide bonds. The molecule has 7 nitrogen and oxygen atoms in total. The molecule has 0 fully saturated rings. The van der Waals surface area contributed by atoms with E-state index < -0.39 is 10.8 Å². The van der Waals surface area contributed by atoms with Gasteiger partial charge in [-0.2, -0.15) is 0 Å². The van der Waals surface area contributed by atoms with Crippen molar-refractivity contribution < 1.29 is 9.72 Å². The van der Waals surface area contributed by atoms with Crippen LogP contribution in [0.1, 0.15) is 15.9 Å². The van der Waals surface area contributed by atoms with Gasteiger partial charge < -0.3 is 5.32 Å². The molecule has 3 rings (SSSR count). The summed E-state index contributed by atoms with van der Waals surface area (Å²) in [6.45, 7) is 1.61. The van der Waals surface area contributed by atoms with Crippen LogP contribution in [-0.4, -0.2) is 20.9 Å². The first-order chi connectivity index (χ1) is 12.5. The molecule has 1 heterocycles. The Kier molecular flexibility index (Phi) is 4.85. The van der Waals surface area contributed by atoms with Gasteiger partial charge in [0.25, 0.3) is 11.6 Å². The normalized spacial score (nSPS) is 10.3. The van der Waals surface area contributed by atoms with Gasteiger partial charge in [-0.15, -0.1) is 0 Å². The molecule has 2 aromatic carbocycles. The lowest BCUT2D eigenvalue weighted by Crippen LogP contribution is -2.34. The zero-order valence-electron chi connectivity index (χ0n) is 13.7. The highest BCUT2D eigenvalue weighted by Gasteiger charge is 2.16. The Morgan fingerprint density at radius 3 is 2.73 bits per heavy atom. The number of carbonyl (C=O) groups excluding carboxylic acids is 1. The molecule has 3 aromatic rings. The standard InChI is InChI=1S/C18H14N4O3S/c1-11-7-8-13(10-15(11)22(24)25)17(23)21-18(26)20-14-6-2-4-12-5-3-9-19-16(12)14/h2-10H,1H3,(H2,20,21,23,26). The molecule has 26 heavy (non-hydrogen) atoms. The molecule has 0 unspecified atom stereocenters. The molecule has 0 saturated carbocycles. The third-order valence-corrected chi connectivity index (χ3v) is 3.98. The molecule has 1 aromatic heterocycles. The molecule has 0 aliphatic heterocycles. The monoisotopic (exact) mass is 366 g/mol. The van der Waals surface area contributed by atoms with Gasteiger partial charge >= 0.3 is 0 Å². The Bertz CT molecular complexity index is 1030. The van der Waals surface area contributed by atoms with E-state index in [9.17, 15) is 14.9 Å². The van der Waals surface area contributed by atoms with Crippen LogP contribution < -0.4 is 10.6 Å². The van der Waals surface area contributed by atoms with E-state index in [0.717, 1.165) is 10.9 Å². The number of nitrogens with zero attached hydrogens (tertiary/aromatic N) is 2. The topological polar surface area (TPSA) is 97.2 Å². The Hall–Kier alpha value is -3.39. The SMILES string of the molecule is Cc1ccc(C(=O)NC(=S)Nc2cccc3cccnc23)cc1[N+](=O)[O-]. The second kappa shape index (κ2) is 7.24. The summed E-state index contributed by atoms with van der Waals surface area (Å²) in [5, 5.41) is 17.5. The molecule has 0 atom stereocenters. The van der Waals surface area contributed by atoms with Crippen molar-refractivity contribution in [2.75, 3.05) is 5.32 Å². The number of benzene rings is 2. The predicted molar refractivity (Wildman–Crippen MR) is 103 cm³/mol. The maximum absolute atomic E-state index is 12.3. The van der Waals surface area contributed by atoms with Gasteiger partial charge in [0.15, 0.2) is 5.11 Å². The number of rotatable bonds is 3. The van der Waals surface area contributed by atoms with Crippen molar-refractivity contribution in [2.24, 2.45) is 0 Å². The molecule has 2 N–H and O–H groups in total. The molecule has 0 radical (unpaired) electrons. The van der Waals surface area contributed by atoms with Gasteiger partial charge in [0, 0.05) is 28.8 Å². The summed E-state index contributed by atoms with van der Waals surface area (Å²) in [5.74, 6) is -0.529. The van der Waals surface area contributed by atoms with Crippen LogP contribution in [0.2, 0.25) is 0 Å². The van der Waals surface area contributed by atoms with Crippen LogP contribution in [0.25, 0.3) is 10.9 Å². The number of aromatic nitrogens is 1. The van der Waals surface area contributed by atoms with Crippen molar-refractivity contribution in [1.82, 2.24) is 10.3 Å². The van der Waals surface area contributed by atoms with E-state index in [1.54, 1.807) is 19.2 Å². The first-order valence-electron chi connectivity index (χ1n) is 7.67. The summed E-state index contributed by atoms with van der Waals surface area (Å²) < 4.78 is 0. The fourth-order valence-corrected chi connectivity index (χ4v) is 2.68. The van der Waals surface area contributed by atoms with Gasteiger partial charge in [0.2, 0.25) is 0 Å². The highest BCUT2D eigenvalue weighted by atomic mass is 32.1. The number of amides is 1. The summed E-state index contributed by atoms with van der Waals surface area (Å²) in [6, 6.07) is 13.6. The van der Waals surface area contributed by atoms with E-state index in [1.807, 2.05) is 24.3 Å². The number of thiocarbonyl (C=S) groups is 1. The number of anilines is 1. The van der Waals surface area contributed by atoms with Crippen LogP contribution in [0.3, 0.4) is 0 Å². The minimum Gasteiger partial charge on any atom is -0.331 e. The van der Waals surface area contributed by atoms with E-state index in [0.29, 0.717) is 11.3 Å². The lowest BCUT2D eigenvalue weighted by Gasteiger charge is -2.11.